The van der Waals surface area contributed by atoms with E-state index in [4.69, 9.17) is 5.73 Å². The van der Waals surface area contributed by atoms with E-state index in [0.717, 1.165) is 16.7 Å². The van der Waals surface area contributed by atoms with Gasteiger partial charge in [0.25, 0.3) is 0 Å². The van der Waals surface area contributed by atoms with Crippen LogP contribution in [0.25, 0.3) is 22.5 Å². The molecule has 3 rings (SSSR count). The number of hydrogen-bond donors (Lipinski definition) is 2. The van der Waals surface area contributed by atoms with Crippen LogP contribution in [-0.2, 0) is 17.8 Å². The highest BCUT2D eigenvalue weighted by Crippen LogP contribution is 2.38. The summed E-state index contributed by atoms with van der Waals surface area (Å²) >= 11 is 1.64. The van der Waals surface area contributed by atoms with Crippen molar-refractivity contribution in [3.63, 3.8) is 0 Å². The third-order valence-corrected chi connectivity index (χ3v) is 4.55. The van der Waals surface area contributed by atoms with Crippen LogP contribution in [-0.4, -0.2) is 32.4 Å². The molecular formula is C17H18N4O2S. The second kappa shape index (κ2) is 6.94. The summed E-state index contributed by atoms with van der Waals surface area (Å²) in [7, 11) is 0. The van der Waals surface area contributed by atoms with Gasteiger partial charge in [0.05, 0.1) is 19.6 Å². The summed E-state index contributed by atoms with van der Waals surface area (Å²) in [5, 5.41) is 15.6. The summed E-state index contributed by atoms with van der Waals surface area (Å²) in [6.07, 6.45) is -0.0186. The molecule has 6 nitrogen and oxygen atoms in total. The quantitative estimate of drug-likeness (QED) is 0.716. The number of carbonyl (C=O) groups excluding carboxylic acids is 1. The SMILES string of the molecule is Cc1scc(-c2nc(CC(N)=O)nn2CCO)c1-c1ccccc1. The summed E-state index contributed by atoms with van der Waals surface area (Å²) in [5.74, 6) is 0.532. The first-order valence-electron chi connectivity index (χ1n) is 7.57. The van der Waals surface area contributed by atoms with Gasteiger partial charge in [0.15, 0.2) is 11.6 Å². The minimum Gasteiger partial charge on any atom is -0.394 e. The van der Waals surface area contributed by atoms with E-state index in [1.165, 1.54) is 4.88 Å². The first-order chi connectivity index (χ1) is 11.6. The number of benzene rings is 1. The van der Waals surface area contributed by atoms with Crippen molar-refractivity contribution in [2.24, 2.45) is 5.73 Å². The molecule has 0 bridgehead atoms. The van der Waals surface area contributed by atoms with Crippen molar-refractivity contribution in [1.29, 1.82) is 0 Å². The van der Waals surface area contributed by atoms with Gasteiger partial charge < -0.3 is 10.8 Å². The van der Waals surface area contributed by atoms with Gasteiger partial charge in [-0.25, -0.2) is 9.67 Å². The van der Waals surface area contributed by atoms with Crippen LogP contribution < -0.4 is 5.73 Å². The number of nitrogens with two attached hydrogens (primary N) is 1. The van der Waals surface area contributed by atoms with Crippen molar-refractivity contribution >= 4 is 17.2 Å². The van der Waals surface area contributed by atoms with Gasteiger partial charge in [0.2, 0.25) is 5.91 Å². The van der Waals surface area contributed by atoms with Gasteiger partial charge in [0.1, 0.15) is 0 Å². The molecule has 3 aromatic rings. The van der Waals surface area contributed by atoms with E-state index in [1.807, 2.05) is 23.6 Å². The number of aliphatic hydroxyl groups is 1. The van der Waals surface area contributed by atoms with Crippen LogP contribution in [0.1, 0.15) is 10.7 Å². The second-order valence-electron chi connectivity index (χ2n) is 5.39. The maximum atomic E-state index is 11.2. The Kier molecular flexibility index (Phi) is 4.73. The van der Waals surface area contributed by atoms with Crippen molar-refractivity contribution in [1.82, 2.24) is 14.8 Å². The highest BCUT2D eigenvalue weighted by atomic mass is 32.1. The van der Waals surface area contributed by atoms with Crippen LogP contribution in [0.3, 0.4) is 0 Å². The Morgan fingerprint density at radius 1 is 1.33 bits per heavy atom. The fourth-order valence-electron chi connectivity index (χ4n) is 2.65. The van der Waals surface area contributed by atoms with E-state index in [-0.39, 0.29) is 13.0 Å². The number of aliphatic hydroxyl groups excluding tert-OH is 1. The Hall–Kier alpha value is -2.51. The van der Waals surface area contributed by atoms with E-state index in [1.54, 1.807) is 16.0 Å². The van der Waals surface area contributed by atoms with E-state index in [2.05, 4.69) is 29.1 Å². The van der Waals surface area contributed by atoms with Crippen molar-refractivity contribution in [2.75, 3.05) is 6.61 Å². The number of aromatic nitrogens is 3. The number of nitrogens with zero attached hydrogens (tertiary/aromatic N) is 3. The molecule has 0 saturated heterocycles. The van der Waals surface area contributed by atoms with E-state index in [0.29, 0.717) is 18.2 Å². The van der Waals surface area contributed by atoms with Gasteiger partial charge in [-0.05, 0) is 12.5 Å². The zero-order valence-corrected chi connectivity index (χ0v) is 14.1. The van der Waals surface area contributed by atoms with Gasteiger partial charge in [-0.15, -0.1) is 11.3 Å². The summed E-state index contributed by atoms with van der Waals surface area (Å²) in [6.45, 7) is 2.31. The lowest BCUT2D eigenvalue weighted by atomic mass is 10.0. The number of thiophene rings is 1. The maximum absolute atomic E-state index is 11.2. The molecule has 0 aliphatic rings. The van der Waals surface area contributed by atoms with E-state index < -0.39 is 5.91 Å². The topological polar surface area (TPSA) is 94.0 Å². The van der Waals surface area contributed by atoms with Gasteiger partial charge >= 0.3 is 0 Å². The number of rotatable bonds is 6. The lowest BCUT2D eigenvalue weighted by Crippen LogP contribution is -2.15. The Bertz CT molecular complexity index is 855. The molecule has 0 fully saturated rings. The van der Waals surface area contributed by atoms with Crippen LogP contribution >= 0.6 is 11.3 Å². The molecule has 2 aromatic heterocycles. The smallest absolute Gasteiger partial charge is 0.225 e. The molecule has 0 aliphatic heterocycles. The highest BCUT2D eigenvalue weighted by molar-refractivity contribution is 7.11. The number of amides is 1. The van der Waals surface area contributed by atoms with E-state index in [9.17, 15) is 9.90 Å². The second-order valence-corrected chi connectivity index (χ2v) is 6.47. The first kappa shape index (κ1) is 16.4. The molecule has 124 valence electrons. The predicted molar refractivity (Wildman–Crippen MR) is 93.5 cm³/mol. The third kappa shape index (κ3) is 3.22. The van der Waals surface area contributed by atoms with Gasteiger partial charge in [-0.1, -0.05) is 30.3 Å². The van der Waals surface area contributed by atoms with Crippen molar-refractivity contribution in [3.8, 4) is 22.5 Å². The molecule has 3 N–H and O–H groups in total. The van der Waals surface area contributed by atoms with Gasteiger partial charge in [-0.3, -0.25) is 4.79 Å². The zero-order chi connectivity index (χ0) is 17.1. The predicted octanol–water partition coefficient (Wildman–Crippen LogP) is 2.00. The summed E-state index contributed by atoms with van der Waals surface area (Å²) in [5.41, 5.74) is 8.38. The molecule has 1 amide bonds. The average Bonchev–Trinajstić information content (AvgIpc) is 3.11. The molecule has 0 radical (unpaired) electrons. The molecule has 0 unspecified atom stereocenters. The van der Waals surface area contributed by atoms with Crippen LogP contribution in [0.4, 0.5) is 0 Å². The summed E-state index contributed by atoms with van der Waals surface area (Å²) < 4.78 is 1.63. The van der Waals surface area contributed by atoms with Crippen molar-refractivity contribution in [2.45, 2.75) is 19.9 Å². The fraction of sp³-hybridized carbons (Fsp3) is 0.235. The number of aryl methyl sites for hydroxylation is 1. The number of carbonyl (C=O) groups is 1. The van der Waals surface area contributed by atoms with Crippen LogP contribution in [0.5, 0.6) is 0 Å². The Balaban J connectivity index is 2.12. The monoisotopic (exact) mass is 342 g/mol. The Morgan fingerprint density at radius 3 is 2.75 bits per heavy atom. The molecule has 2 heterocycles. The van der Waals surface area contributed by atoms with Crippen molar-refractivity contribution < 1.29 is 9.90 Å². The Morgan fingerprint density at radius 2 is 2.08 bits per heavy atom. The molecule has 0 atom stereocenters. The lowest BCUT2D eigenvalue weighted by molar-refractivity contribution is -0.117. The van der Waals surface area contributed by atoms with Gasteiger partial charge in [-0.2, -0.15) is 5.10 Å². The average molecular weight is 342 g/mol. The molecule has 0 saturated carbocycles. The highest BCUT2D eigenvalue weighted by Gasteiger charge is 2.19. The molecule has 0 spiro atoms. The molecule has 7 heteroatoms. The first-order valence-corrected chi connectivity index (χ1v) is 8.45. The minimum atomic E-state index is -0.479. The van der Waals surface area contributed by atoms with E-state index >= 15 is 0 Å². The normalized spacial score (nSPS) is 10.9. The molecule has 1 aromatic carbocycles. The molecule has 24 heavy (non-hydrogen) atoms. The number of primary amides is 1. The van der Waals surface area contributed by atoms with Gasteiger partial charge in [0, 0.05) is 21.4 Å². The largest absolute Gasteiger partial charge is 0.394 e. The fourth-order valence-corrected chi connectivity index (χ4v) is 3.52. The lowest BCUT2D eigenvalue weighted by Gasteiger charge is -2.07. The zero-order valence-electron chi connectivity index (χ0n) is 13.3. The third-order valence-electron chi connectivity index (χ3n) is 3.64. The molecule has 0 aliphatic carbocycles. The Labute approximate surface area is 143 Å². The molecular weight excluding hydrogens is 324 g/mol. The van der Waals surface area contributed by atoms with Crippen LogP contribution in [0.15, 0.2) is 35.7 Å². The van der Waals surface area contributed by atoms with Crippen molar-refractivity contribution in [3.05, 3.63) is 46.4 Å². The summed E-state index contributed by atoms with van der Waals surface area (Å²) in [6, 6.07) is 10.1. The number of hydrogen-bond acceptors (Lipinski definition) is 5. The van der Waals surface area contributed by atoms with Crippen LogP contribution in [0.2, 0.25) is 0 Å². The minimum absolute atomic E-state index is 0.0186. The maximum Gasteiger partial charge on any atom is 0.225 e. The standard InChI is InChI=1S/C17H18N4O2S/c1-11-16(12-5-3-2-4-6-12)13(10-24-11)17-19-15(9-14(18)23)20-21(17)7-8-22/h2-6,10,22H,7-9H2,1H3,(H2,18,23). The van der Waals surface area contributed by atoms with Crippen LogP contribution in [0, 0.1) is 6.92 Å². The summed E-state index contributed by atoms with van der Waals surface area (Å²) in [4.78, 5) is 16.8.